The van der Waals surface area contributed by atoms with Crippen molar-refractivity contribution in [1.29, 1.82) is 0 Å². The van der Waals surface area contributed by atoms with Gasteiger partial charge < -0.3 is 19.7 Å². The summed E-state index contributed by atoms with van der Waals surface area (Å²) in [5.41, 5.74) is 0.604. The Bertz CT molecular complexity index is 689. The van der Waals surface area contributed by atoms with Crippen molar-refractivity contribution in [3.63, 3.8) is 0 Å². The fourth-order valence-electron chi connectivity index (χ4n) is 3.22. The Labute approximate surface area is 166 Å². The lowest BCUT2D eigenvalue weighted by Gasteiger charge is -2.32. The van der Waals surface area contributed by atoms with E-state index in [0.717, 1.165) is 12.8 Å². The first-order chi connectivity index (χ1) is 13.4. The van der Waals surface area contributed by atoms with Gasteiger partial charge in [-0.15, -0.1) is 0 Å². The van der Waals surface area contributed by atoms with Crippen LogP contribution in [0.1, 0.15) is 50.4 Å². The molecular formula is C21H30N2O5. The van der Waals surface area contributed by atoms with Crippen LogP contribution in [0.5, 0.6) is 5.75 Å². The molecule has 0 aliphatic carbocycles. The molecule has 0 saturated carbocycles. The Morgan fingerprint density at radius 2 is 2.07 bits per heavy atom. The number of ketones is 1. The number of carbonyl (C=O) groups is 3. The fourth-order valence-corrected chi connectivity index (χ4v) is 3.22. The maximum absolute atomic E-state index is 12.9. The Kier molecular flexibility index (Phi) is 8.29. The fraction of sp³-hybridized carbons (Fsp3) is 0.571. The molecule has 1 aromatic rings. The molecule has 7 heteroatoms. The van der Waals surface area contributed by atoms with E-state index in [4.69, 9.17) is 9.47 Å². The molecule has 1 saturated heterocycles. The number of rotatable bonds is 8. The number of amides is 2. The van der Waals surface area contributed by atoms with E-state index < -0.39 is 0 Å². The maximum atomic E-state index is 12.9. The monoisotopic (exact) mass is 390 g/mol. The van der Waals surface area contributed by atoms with Crippen molar-refractivity contribution >= 4 is 17.8 Å². The summed E-state index contributed by atoms with van der Waals surface area (Å²) in [5, 5.41) is 2.73. The number of hydrogen-bond donors (Lipinski definition) is 1. The van der Waals surface area contributed by atoms with Crippen molar-refractivity contribution in [1.82, 2.24) is 10.2 Å². The van der Waals surface area contributed by atoms with Gasteiger partial charge in [0.25, 0.3) is 0 Å². The molecule has 1 aliphatic rings. The van der Waals surface area contributed by atoms with Crippen LogP contribution in [0.25, 0.3) is 0 Å². The Hall–Kier alpha value is -2.57. The number of likely N-dealkylation sites (tertiary alicyclic amines) is 1. The summed E-state index contributed by atoms with van der Waals surface area (Å²) in [4.78, 5) is 38.3. The predicted molar refractivity (Wildman–Crippen MR) is 105 cm³/mol. The highest BCUT2D eigenvalue weighted by molar-refractivity contribution is 5.98. The highest BCUT2D eigenvalue weighted by Gasteiger charge is 2.29. The molecule has 1 heterocycles. The smallest absolute Gasteiger partial charge is 0.317 e. The summed E-state index contributed by atoms with van der Waals surface area (Å²) in [6, 6.07) is 6.95. The summed E-state index contributed by atoms with van der Waals surface area (Å²) < 4.78 is 10.5. The lowest BCUT2D eigenvalue weighted by molar-refractivity contribution is -0.142. The minimum absolute atomic E-state index is 0.0261. The first-order valence-electron chi connectivity index (χ1n) is 9.90. The van der Waals surface area contributed by atoms with Crippen LogP contribution in [-0.2, 0) is 9.53 Å². The van der Waals surface area contributed by atoms with E-state index in [-0.39, 0.29) is 42.8 Å². The summed E-state index contributed by atoms with van der Waals surface area (Å²) in [6.45, 7) is 7.15. The molecule has 1 aromatic carbocycles. The Morgan fingerprint density at radius 1 is 1.29 bits per heavy atom. The Morgan fingerprint density at radius 3 is 2.79 bits per heavy atom. The highest BCUT2D eigenvalue weighted by Crippen LogP contribution is 2.23. The highest BCUT2D eigenvalue weighted by atomic mass is 16.5. The number of carbonyl (C=O) groups excluding carboxylic acids is 3. The molecule has 1 N–H and O–H groups in total. The molecule has 0 spiro atoms. The van der Waals surface area contributed by atoms with Crippen LogP contribution in [0.4, 0.5) is 4.79 Å². The van der Waals surface area contributed by atoms with Crippen LogP contribution < -0.4 is 10.1 Å². The number of urea groups is 1. The lowest BCUT2D eigenvalue weighted by atomic mass is 9.90. The van der Waals surface area contributed by atoms with Crippen LogP contribution in [0.15, 0.2) is 24.3 Å². The van der Waals surface area contributed by atoms with Gasteiger partial charge in [-0.1, -0.05) is 12.1 Å². The van der Waals surface area contributed by atoms with Gasteiger partial charge in [0.2, 0.25) is 0 Å². The zero-order valence-electron chi connectivity index (χ0n) is 16.9. The average molecular weight is 390 g/mol. The summed E-state index contributed by atoms with van der Waals surface area (Å²) in [7, 11) is 0. The number of ether oxygens (including phenoxy) is 2. The normalized spacial score (nSPS) is 16.6. The SMILES string of the molecule is CCOC(=O)CCNC(=O)N1CCC[C@H](C(=O)c2cccc(OC(C)C)c2)C1. The van der Waals surface area contributed by atoms with Gasteiger partial charge in [-0.25, -0.2) is 4.79 Å². The maximum Gasteiger partial charge on any atom is 0.317 e. The van der Waals surface area contributed by atoms with Crippen LogP contribution in [0, 0.1) is 5.92 Å². The van der Waals surface area contributed by atoms with E-state index in [9.17, 15) is 14.4 Å². The molecule has 2 rings (SSSR count). The third-order valence-electron chi connectivity index (χ3n) is 4.48. The van der Waals surface area contributed by atoms with Gasteiger partial charge in [0.1, 0.15) is 5.75 Å². The molecular weight excluding hydrogens is 360 g/mol. The van der Waals surface area contributed by atoms with Gasteiger partial charge in [-0.3, -0.25) is 9.59 Å². The van der Waals surface area contributed by atoms with E-state index in [1.54, 1.807) is 24.0 Å². The van der Waals surface area contributed by atoms with Gasteiger partial charge in [-0.2, -0.15) is 0 Å². The second-order valence-electron chi connectivity index (χ2n) is 7.13. The molecule has 154 valence electrons. The molecule has 0 unspecified atom stereocenters. The molecule has 2 amide bonds. The molecule has 1 atom stereocenters. The van der Waals surface area contributed by atoms with Crippen molar-refractivity contribution < 1.29 is 23.9 Å². The van der Waals surface area contributed by atoms with E-state index >= 15 is 0 Å². The van der Waals surface area contributed by atoms with Gasteiger partial charge in [0.05, 0.1) is 19.1 Å². The van der Waals surface area contributed by atoms with Gasteiger partial charge in [-0.05, 0) is 45.7 Å². The van der Waals surface area contributed by atoms with Crippen molar-refractivity contribution in [2.24, 2.45) is 5.92 Å². The third kappa shape index (κ3) is 6.55. The van der Waals surface area contributed by atoms with Crippen molar-refractivity contribution in [2.45, 2.75) is 46.1 Å². The Balaban J connectivity index is 1.90. The van der Waals surface area contributed by atoms with Crippen molar-refractivity contribution in [3.8, 4) is 5.75 Å². The van der Waals surface area contributed by atoms with Crippen molar-refractivity contribution in [3.05, 3.63) is 29.8 Å². The second-order valence-corrected chi connectivity index (χ2v) is 7.13. The van der Waals surface area contributed by atoms with Gasteiger partial charge in [0.15, 0.2) is 5.78 Å². The molecule has 0 radical (unpaired) electrons. The zero-order chi connectivity index (χ0) is 20.5. The quantitative estimate of drug-likeness (QED) is 0.545. The summed E-state index contributed by atoms with van der Waals surface area (Å²) in [5.74, 6) is 0.125. The largest absolute Gasteiger partial charge is 0.491 e. The summed E-state index contributed by atoms with van der Waals surface area (Å²) >= 11 is 0. The van der Waals surface area contributed by atoms with E-state index in [1.165, 1.54) is 0 Å². The average Bonchev–Trinajstić information content (AvgIpc) is 2.67. The number of benzene rings is 1. The molecule has 0 bridgehead atoms. The molecule has 1 aliphatic heterocycles. The van der Waals surface area contributed by atoms with E-state index in [1.807, 2.05) is 26.0 Å². The number of nitrogens with one attached hydrogen (secondary N) is 1. The van der Waals surface area contributed by atoms with Crippen LogP contribution in [-0.4, -0.2) is 55.0 Å². The van der Waals surface area contributed by atoms with Crippen molar-refractivity contribution in [2.75, 3.05) is 26.2 Å². The van der Waals surface area contributed by atoms with Gasteiger partial charge >= 0.3 is 12.0 Å². The standard InChI is InChI=1S/C21H30N2O5/c1-4-27-19(24)10-11-22-21(26)23-12-6-8-17(14-23)20(25)16-7-5-9-18(13-16)28-15(2)3/h5,7,9,13,15,17H,4,6,8,10-12,14H2,1-3H3,(H,22,26)/t17-/m0/s1. The number of piperidine rings is 1. The lowest BCUT2D eigenvalue weighted by Crippen LogP contribution is -2.47. The number of hydrogen-bond acceptors (Lipinski definition) is 5. The number of Topliss-reactive ketones (excluding diaryl/α,β-unsaturated/α-hetero) is 1. The minimum Gasteiger partial charge on any atom is -0.491 e. The molecule has 28 heavy (non-hydrogen) atoms. The summed E-state index contributed by atoms with van der Waals surface area (Å²) in [6.07, 6.45) is 1.69. The molecule has 7 nitrogen and oxygen atoms in total. The topological polar surface area (TPSA) is 84.9 Å². The van der Waals surface area contributed by atoms with Crippen LogP contribution >= 0.6 is 0 Å². The molecule has 0 aromatic heterocycles. The van der Waals surface area contributed by atoms with Crippen LogP contribution in [0.2, 0.25) is 0 Å². The van der Waals surface area contributed by atoms with Crippen LogP contribution in [0.3, 0.4) is 0 Å². The number of nitrogens with zero attached hydrogens (tertiary/aromatic N) is 1. The number of esters is 1. The van der Waals surface area contributed by atoms with E-state index in [2.05, 4.69) is 5.32 Å². The minimum atomic E-state index is -0.335. The zero-order valence-corrected chi connectivity index (χ0v) is 16.9. The van der Waals surface area contributed by atoms with Gasteiger partial charge in [0, 0.05) is 31.1 Å². The predicted octanol–water partition coefficient (Wildman–Crippen LogP) is 3.03. The first-order valence-corrected chi connectivity index (χ1v) is 9.90. The second kappa shape index (κ2) is 10.7. The molecule has 1 fully saturated rings. The van der Waals surface area contributed by atoms with E-state index in [0.29, 0.717) is 31.0 Å². The first kappa shape index (κ1) is 21.7. The third-order valence-corrected chi connectivity index (χ3v) is 4.48.